The number of rotatable bonds is 10. The minimum absolute atomic E-state index is 0.138. The van der Waals surface area contributed by atoms with Crippen molar-refractivity contribution in [3.05, 3.63) is 65.5 Å². The summed E-state index contributed by atoms with van der Waals surface area (Å²) in [6, 6.07) is 11.2. The largest absolute Gasteiger partial charge is 0.368 e. The normalized spacial score (nSPS) is 14.7. The zero-order chi connectivity index (χ0) is 25.9. The molecule has 3 rings (SSSR count). The molecule has 1 aromatic heterocycles. The summed E-state index contributed by atoms with van der Waals surface area (Å²) in [4.78, 5) is 56.3. The Morgan fingerprint density at radius 1 is 1.03 bits per heavy atom. The highest BCUT2D eigenvalue weighted by Crippen LogP contribution is 2.17. The second-order valence-corrected chi connectivity index (χ2v) is 8.76. The van der Waals surface area contributed by atoms with Crippen LogP contribution in [0.3, 0.4) is 0 Å². The molecule has 1 fully saturated rings. The van der Waals surface area contributed by atoms with Crippen molar-refractivity contribution in [2.24, 2.45) is 11.7 Å². The lowest BCUT2D eigenvalue weighted by Gasteiger charge is -2.30. The molecule has 1 aliphatic heterocycles. The first kappa shape index (κ1) is 26.3. The van der Waals surface area contributed by atoms with Gasteiger partial charge in [-0.3, -0.25) is 24.2 Å². The molecule has 1 aromatic carbocycles. The van der Waals surface area contributed by atoms with Crippen molar-refractivity contribution in [2.45, 2.75) is 38.1 Å². The van der Waals surface area contributed by atoms with Gasteiger partial charge >= 0.3 is 0 Å². The number of hydrogen-bond donors (Lipinski definition) is 3. The Bertz CT molecular complexity index is 1110. The Labute approximate surface area is 209 Å². The molecule has 1 aliphatic rings. The Balaban J connectivity index is 1.64. The predicted octanol–water partition coefficient (Wildman–Crippen LogP) is 0.453. The molecule has 10 heteroatoms. The number of primary amides is 1. The summed E-state index contributed by atoms with van der Waals surface area (Å²) < 4.78 is 0. The quantitative estimate of drug-likeness (QED) is 0.410. The Kier molecular flexibility index (Phi) is 9.51. The van der Waals surface area contributed by atoms with E-state index in [1.165, 1.54) is 0 Å². The lowest BCUT2D eigenvalue weighted by molar-refractivity contribution is -0.143. The van der Waals surface area contributed by atoms with E-state index >= 15 is 0 Å². The number of nitrogens with two attached hydrogens (primary N) is 1. The Morgan fingerprint density at radius 3 is 2.36 bits per heavy atom. The molecular formula is C26H30N6O4. The van der Waals surface area contributed by atoms with Crippen molar-refractivity contribution in [1.82, 2.24) is 20.5 Å². The maximum absolute atomic E-state index is 13.2. The number of carbonyl (C=O) groups is 4. The van der Waals surface area contributed by atoms with Gasteiger partial charge in [0.25, 0.3) is 0 Å². The minimum Gasteiger partial charge on any atom is -0.368 e. The van der Waals surface area contributed by atoms with Gasteiger partial charge in [0, 0.05) is 31.9 Å². The van der Waals surface area contributed by atoms with Crippen molar-refractivity contribution in [1.29, 1.82) is 5.26 Å². The molecule has 1 saturated heterocycles. The van der Waals surface area contributed by atoms with Crippen LogP contribution in [0, 0.1) is 17.2 Å². The highest BCUT2D eigenvalue weighted by atomic mass is 16.2. The van der Waals surface area contributed by atoms with Gasteiger partial charge in [0.15, 0.2) is 0 Å². The molecule has 188 valence electrons. The number of nitriles is 1. The molecular weight excluding hydrogens is 460 g/mol. The van der Waals surface area contributed by atoms with E-state index in [-0.39, 0.29) is 18.7 Å². The maximum atomic E-state index is 13.2. The van der Waals surface area contributed by atoms with Gasteiger partial charge in [0.05, 0.1) is 18.2 Å². The van der Waals surface area contributed by atoms with Crippen LogP contribution in [0.4, 0.5) is 0 Å². The Hall–Kier alpha value is -4.26. The zero-order valence-electron chi connectivity index (χ0n) is 20.0. The molecule has 0 bridgehead atoms. The molecule has 0 spiro atoms. The van der Waals surface area contributed by atoms with Gasteiger partial charge in [-0.05, 0) is 55.0 Å². The van der Waals surface area contributed by atoms with Crippen molar-refractivity contribution in [3.8, 4) is 6.07 Å². The number of likely N-dealkylation sites (tertiary alicyclic amines) is 1. The molecule has 1 unspecified atom stereocenters. The summed E-state index contributed by atoms with van der Waals surface area (Å²) in [5.74, 6) is -3.20. The molecule has 0 radical (unpaired) electrons. The van der Waals surface area contributed by atoms with E-state index in [4.69, 9.17) is 11.0 Å². The van der Waals surface area contributed by atoms with Crippen molar-refractivity contribution in [3.63, 3.8) is 0 Å². The van der Waals surface area contributed by atoms with Gasteiger partial charge in [-0.2, -0.15) is 5.26 Å². The van der Waals surface area contributed by atoms with Crippen molar-refractivity contribution < 1.29 is 19.2 Å². The molecule has 4 amide bonds. The lowest BCUT2D eigenvalue weighted by atomic mass is 9.95. The van der Waals surface area contributed by atoms with Crippen molar-refractivity contribution in [2.75, 3.05) is 19.6 Å². The van der Waals surface area contributed by atoms with Gasteiger partial charge in [0.1, 0.15) is 12.0 Å². The van der Waals surface area contributed by atoms with Crippen molar-refractivity contribution >= 4 is 23.6 Å². The number of piperidine rings is 1. The molecule has 0 saturated carbocycles. The predicted molar refractivity (Wildman–Crippen MR) is 131 cm³/mol. The van der Waals surface area contributed by atoms with Gasteiger partial charge in [-0.15, -0.1) is 0 Å². The molecule has 4 N–H and O–H groups in total. The molecule has 36 heavy (non-hydrogen) atoms. The third kappa shape index (κ3) is 7.63. The fourth-order valence-corrected chi connectivity index (χ4v) is 4.09. The van der Waals surface area contributed by atoms with E-state index in [0.717, 1.165) is 30.4 Å². The van der Waals surface area contributed by atoms with E-state index in [0.29, 0.717) is 18.7 Å². The van der Waals surface area contributed by atoms with E-state index in [1.54, 1.807) is 53.7 Å². The SMILES string of the molecule is N#Cc1ccc(CC(C(=O)NCC(=O)N[C@@H](Cc2cccnc2)C(N)=O)C(=O)N2CCCCC2)cc1. The number of hydrogen-bond acceptors (Lipinski definition) is 6. The summed E-state index contributed by atoms with van der Waals surface area (Å²) >= 11 is 0. The smallest absolute Gasteiger partial charge is 0.240 e. The fraction of sp³-hybridized carbons (Fsp3) is 0.385. The van der Waals surface area contributed by atoms with Crippen LogP contribution in [0.15, 0.2) is 48.8 Å². The van der Waals surface area contributed by atoms with E-state index in [9.17, 15) is 19.2 Å². The number of carbonyl (C=O) groups excluding carboxylic acids is 4. The summed E-state index contributed by atoms with van der Waals surface area (Å²) in [7, 11) is 0. The first-order valence-electron chi connectivity index (χ1n) is 11.9. The number of aromatic nitrogens is 1. The number of pyridine rings is 1. The average Bonchev–Trinajstić information content (AvgIpc) is 2.91. The van der Waals surface area contributed by atoms with Crippen LogP contribution < -0.4 is 16.4 Å². The number of nitrogens with zero attached hydrogens (tertiary/aromatic N) is 3. The van der Waals surface area contributed by atoms with Crippen LogP contribution in [0.25, 0.3) is 0 Å². The average molecular weight is 491 g/mol. The molecule has 2 atom stereocenters. The Morgan fingerprint density at radius 2 is 1.75 bits per heavy atom. The van der Waals surface area contributed by atoms with E-state index < -0.39 is 36.2 Å². The van der Waals surface area contributed by atoms with Gasteiger partial charge in [-0.1, -0.05) is 18.2 Å². The van der Waals surface area contributed by atoms with Gasteiger partial charge < -0.3 is 21.3 Å². The monoisotopic (exact) mass is 490 g/mol. The minimum atomic E-state index is -1.02. The highest BCUT2D eigenvalue weighted by molar-refractivity contribution is 6.01. The summed E-state index contributed by atoms with van der Waals surface area (Å²) in [5, 5.41) is 14.1. The van der Waals surface area contributed by atoms with E-state index in [1.807, 2.05) is 6.07 Å². The lowest BCUT2D eigenvalue weighted by Crippen LogP contribution is -2.51. The van der Waals surface area contributed by atoms with Crippen LogP contribution in [-0.4, -0.2) is 59.2 Å². The zero-order valence-corrected chi connectivity index (χ0v) is 20.0. The number of nitrogens with one attached hydrogen (secondary N) is 2. The maximum Gasteiger partial charge on any atom is 0.240 e. The molecule has 0 aliphatic carbocycles. The van der Waals surface area contributed by atoms with E-state index in [2.05, 4.69) is 15.6 Å². The van der Waals surface area contributed by atoms with Crippen LogP contribution in [0.2, 0.25) is 0 Å². The molecule has 10 nitrogen and oxygen atoms in total. The second kappa shape index (κ2) is 13.0. The van der Waals surface area contributed by atoms with Crippen LogP contribution in [0.5, 0.6) is 0 Å². The first-order valence-corrected chi connectivity index (χ1v) is 11.9. The van der Waals surface area contributed by atoms with Crippen LogP contribution in [0.1, 0.15) is 36.0 Å². The first-order chi connectivity index (χ1) is 17.4. The summed E-state index contributed by atoms with van der Waals surface area (Å²) in [5.41, 5.74) is 7.37. The van der Waals surface area contributed by atoms with Crippen LogP contribution >= 0.6 is 0 Å². The number of benzene rings is 1. The highest BCUT2D eigenvalue weighted by Gasteiger charge is 2.32. The third-order valence-corrected chi connectivity index (χ3v) is 6.07. The summed E-state index contributed by atoms with van der Waals surface area (Å²) in [6.07, 6.45) is 6.27. The topological polar surface area (TPSA) is 158 Å². The standard InChI is InChI=1S/C26H30N6O4/c27-15-19-8-6-18(7-9-19)13-21(26(36)32-11-2-1-3-12-32)25(35)30-17-23(33)31-22(24(28)34)14-20-5-4-10-29-16-20/h4-10,16,21-22H,1-3,11-14,17H2,(H2,28,34)(H,30,35)(H,31,33)/t21?,22-/m0/s1. The van der Waals surface area contributed by atoms with Gasteiger partial charge in [-0.25, -0.2) is 0 Å². The van der Waals surface area contributed by atoms with Gasteiger partial charge in [0.2, 0.25) is 23.6 Å². The fourth-order valence-electron chi connectivity index (χ4n) is 4.09. The number of amides is 4. The summed E-state index contributed by atoms with van der Waals surface area (Å²) in [6.45, 7) is 0.767. The van der Waals surface area contributed by atoms with Crippen LogP contribution in [-0.2, 0) is 32.0 Å². The third-order valence-electron chi connectivity index (χ3n) is 6.07. The molecule has 2 aromatic rings. The molecule has 2 heterocycles. The second-order valence-electron chi connectivity index (χ2n) is 8.76.